The minimum absolute atomic E-state index is 0.0402. The lowest BCUT2D eigenvalue weighted by Crippen LogP contribution is -2.41. The van der Waals surface area contributed by atoms with Gasteiger partial charge in [0.1, 0.15) is 5.75 Å². The van der Waals surface area contributed by atoms with Crippen LogP contribution in [0, 0.1) is 5.92 Å². The molecule has 1 amide bonds. The summed E-state index contributed by atoms with van der Waals surface area (Å²) in [5.74, 6) is 0.241. The molecule has 1 aliphatic carbocycles. The van der Waals surface area contributed by atoms with Crippen LogP contribution in [0.2, 0.25) is 5.02 Å². The molecule has 1 saturated carbocycles. The molecule has 1 heterocycles. The van der Waals surface area contributed by atoms with Crippen LogP contribution in [0.1, 0.15) is 29.6 Å². The van der Waals surface area contributed by atoms with E-state index in [2.05, 4.69) is 5.32 Å². The van der Waals surface area contributed by atoms with Crippen molar-refractivity contribution in [1.82, 2.24) is 5.32 Å². The highest BCUT2D eigenvalue weighted by atomic mass is 35.5. The van der Waals surface area contributed by atoms with Crippen molar-refractivity contribution in [3.63, 3.8) is 0 Å². The highest BCUT2D eigenvalue weighted by Crippen LogP contribution is 2.38. The molecule has 0 bridgehead atoms. The Morgan fingerprint density at radius 3 is 2.89 bits per heavy atom. The van der Waals surface area contributed by atoms with Gasteiger partial charge in [-0.05, 0) is 43.4 Å². The van der Waals surface area contributed by atoms with Crippen LogP contribution in [0.3, 0.4) is 0 Å². The van der Waals surface area contributed by atoms with Crippen LogP contribution in [0.15, 0.2) is 18.2 Å². The molecule has 1 saturated heterocycles. The second-order valence-electron chi connectivity index (χ2n) is 5.20. The molecule has 5 heteroatoms. The van der Waals surface area contributed by atoms with Crippen molar-refractivity contribution in [3.05, 3.63) is 28.8 Å². The van der Waals surface area contributed by atoms with Gasteiger partial charge < -0.3 is 15.2 Å². The van der Waals surface area contributed by atoms with Gasteiger partial charge >= 0.3 is 0 Å². The minimum Gasteiger partial charge on any atom is -0.507 e. The number of aromatic hydroxyl groups is 1. The lowest BCUT2D eigenvalue weighted by atomic mass is 10.1. The van der Waals surface area contributed by atoms with Gasteiger partial charge in [0.2, 0.25) is 0 Å². The Morgan fingerprint density at radius 1 is 1.37 bits per heavy atom. The number of amides is 1. The lowest BCUT2D eigenvalue weighted by Gasteiger charge is -2.19. The minimum atomic E-state index is -0.291. The number of rotatable bonds is 3. The van der Waals surface area contributed by atoms with E-state index >= 15 is 0 Å². The topological polar surface area (TPSA) is 58.6 Å². The first-order chi connectivity index (χ1) is 9.15. The molecule has 0 aromatic heterocycles. The number of nitrogens with one attached hydrogen (secondary N) is 1. The van der Waals surface area contributed by atoms with Crippen LogP contribution in [-0.4, -0.2) is 29.8 Å². The Balaban J connectivity index is 1.72. The molecule has 0 spiro atoms. The fourth-order valence-corrected chi connectivity index (χ4v) is 2.76. The van der Waals surface area contributed by atoms with E-state index in [-0.39, 0.29) is 29.4 Å². The van der Waals surface area contributed by atoms with Gasteiger partial charge in [0.15, 0.2) is 0 Å². The number of benzene rings is 1. The van der Waals surface area contributed by atoms with Crippen molar-refractivity contribution in [2.45, 2.75) is 31.4 Å². The number of carbonyl (C=O) groups is 1. The van der Waals surface area contributed by atoms with Crippen LogP contribution >= 0.6 is 11.6 Å². The van der Waals surface area contributed by atoms with Gasteiger partial charge in [0.05, 0.1) is 17.7 Å². The molecule has 2 unspecified atom stereocenters. The van der Waals surface area contributed by atoms with Crippen molar-refractivity contribution in [2.24, 2.45) is 5.92 Å². The Labute approximate surface area is 116 Å². The fourth-order valence-electron chi connectivity index (χ4n) is 2.59. The van der Waals surface area contributed by atoms with Crippen LogP contribution < -0.4 is 5.32 Å². The summed E-state index contributed by atoms with van der Waals surface area (Å²) in [6.45, 7) is 0.688. The van der Waals surface area contributed by atoms with Crippen molar-refractivity contribution in [1.29, 1.82) is 0 Å². The van der Waals surface area contributed by atoms with E-state index in [0.29, 0.717) is 17.5 Å². The van der Waals surface area contributed by atoms with E-state index in [0.717, 1.165) is 6.42 Å². The van der Waals surface area contributed by atoms with Crippen molar-refractivity contribution < 1.29 is 14.6 Å². The molecule has 102 valence electrons. The number of phenols is 1. The van der Waals surface area contributed by atoms with E-state index in [9.17, 15) is 9.90 Å². The Bertz CT molecular complexity index is 501. The summed E-state index contributed by atoms with van der Waals surface area (Å²) in [6.07, 6.45) is 3.32. The molecule has 0 radical (unpaired) electrons. The number of halogens is 1. The highest BCUT2D eigenvalue weighted by Gasteiger charge is 2.41. The van der Waals surface area contributed by atoms with Crippen LogP contribution in [0.5, 0.6) is 5.75 Å². The number of hydrogen-bond donors (Lipinski definition) is 2. The first kappa shape index (κ1) is 12.8. The third kappa shape index (κ3) is 2.69. The zero-order valence-corrected chi connectivity index (χ0v) is 11.2. The summed E-state index contributed by atoms with van der Waals surface area (Å²) in [5.41, 5.74) is 0.217. The number of hydrogen-bond acceptors (Lipinski definition) is 3. The summed E-state index contributed by atoms with van der Waals surface area (Å²) in [5, 5.41) is 13.1. The van der Waals surface area contributed by atoms with Gasteiger partial charge in [0, 0.05) is 11.6 Å². The molecule has 2 aliphatic rings. The van der Waals surface area contributed by atoms with E-state index in [1.165, 1.54) is 25.0 Å². The maximum atomic E-state index is 12.2. The Kier molecular flexibility index (Phi) is 3.37. The van der Waals surface area contributed by atoms with Crippen LogP contribution in [-0.2, 0) is 4.74 Å². The van der Waals surface area contributed by atoms with Gasteiger partial charge in [-0.3, -0.25) is 4.79 Å². The molecule has 1 aliphatic heterocycles. The quantitative estimate of drug-likeness (QED) is 0.894. The van der Waals surface area contributed by atoms with E-state index in [4.69, 9.17) is 16.3 Å². The molecule has 1 aromatic rings. The molecule has 19 heavy (non-hydrogen) atoms. The van der Waals surface area contributed by atoms with Gasteiger partial charge in [-0.2, -0.15) is 0 Å². The summed E-state index contributed by atoms with van der Waals surface area (Å²) in [6, 6.07) is 4.51. The van der Waals surface area contributed by atoms with E-state index in [1.54, 1.807) is 6.07 Å². The monoisotopic (exact) mass is 281 g/mol. The number of phenolic OH excluding ortho intramolecular Hbond substituents is 1. The average molecular weight is 282 g/mol. The van der Waals surface area contributed by atoms with Crippen LogP contribution in [0.25, 0.3) is 0 Å². The molecule has 2 atom stereocenters. The highest BCUT2D eigenvalue weighted by molar-refractivity contribution is 6.31. The molecular weight excluding hydrogens is 266 g/mol. The predicted octanol–water partition coefficient (Wildman–Crippen LogP) is 2.34. The van der Waals surface area contributed by atoms with Gasteiger partial charge in [0.25, 0.3) is 5.91 Å². The second-order valence-corrected chi connectivity index (χ2v) is 5.64. The normalized spacial score (nSPS) is 26.4. The smallest absolute Gasteiger partial charge is 0.255 e. The maximum Gasteiger partial charge on any atom is 0.255 e. The number of carbonyl (C=O) groups excluding carboxylic acids is 1. The van der Waals surface area contributed by atoms with E-state index < -0.39 is 0 Å². The molecular formula is C14H16ClNO3. The van der Waals surface area contributed by atoms with Crippen molar-refractivity contribution >= 4 is 17.5 Å². The van der Waals surface area contributed by atoms with Gasteiger partial charge in [-0.15, -0.1) is 0 Å². The second kappa shape index (κ2) is 5.02. The SMILES string of the molecule is O=C(NC1CCOC1C1CC1)c1cc(Cl)ccc1O. The van der Waals surface area contributed by atoms with Gasteiger partial charge in [-0.25, -0.2) is 0 Å². The molecule has 3 rings (SSSR count). The average Bonchev–Trinajstić information content (AvgIpc) is 3.13. The third-order valence-corrected chi connectivity index (χ3v) is 3.98. The summed E-state index contributed by atoms with van der Waals surface area (Å²) >= 11 is 5.85. The van der Waals surface area contributed by atoms with E-state index in [1.807, 2.05) is 0 Å². The Morgan fingerprint density at radius 2 is 2.16 bits per heavy atom. The lowest BCUT2D eigenvalue weighted by molar-refractivity contribution is 0.0728. The molecule has 2 fully saturated rings. The zero-order chi connectivity index (χ0) is 13.4. The fraction of sp³-hybridized carbons (Fsp3) is 0.500. The van der Waals surface area contributed by atoms with Crippen LogP contribution in [0.4, 0.5) is 0 Å². The largest absolute Gasteiger partial charge is 0.507 e. The molecule has 4 nitrogen and oxygen atoms in total. The summed E-state index contributed by atoms with van der Waals surface area (Å²) < 4.78 is 5.68. The molecule has 2 N–H and O–H groups in total. The number of ether oxygens (including phenoxy) is 1. The standard InChI is InChI=1S/C14H16ClNO3/c15-9-3-4-12(17)10(7-9)14(18)16-11-5-6-19-13(11)8-1-2-8/h3-4,7-8,11,13,17H,1-2,5-6H2,(H,16,18). The van der Waals surface area contributed by atoms with Gasteiger partial charge in [-0.1, -0.05) is 11.6 Å². The van der Waals surface area contributed by atoms with Crippen molar-refractivity contribution in [2.75, 3.05) is 6.61 Å². The summed E-state index contributed by atoms with van der Waals surface area (Å²) in [7, 11) is 0. The molecule has 1 aromatic carbocycles. The predicted molar refractivity (Wildman–Crippen MR) is 71.5 cm³/mol. The first-order valence-electron chi connectivity index (χ1n) is 6.56. The maximum absolute atomic E-state index is 12.2. The Hall–Kier alpha value is -1.26. The third-order valence-electron chi connectivity index (χ3n) is 3.74. The summed E-state index contributed by atoms with van der Waals surface area (Å²) in [4.78, 5) is 12.2. The first-order valence-corrected chi connectivity index (χ1v) is 6.94. The van der Waals surface area contributed by atoms with Crippen molar-refractivity contribution in [3.8, 4) is 5.75 Å². The zero-order valence-electron chi connectivity index (χ0n) is 10.4.